The summed E-state index contributed by atoms with van der Waals surface area (Å²) in [5.74, 6) is -0.375. The molecule has 1 aromatic rings. The summed E-state index contributed by atoms with van der Waals surface area (Å²) in [6, 6.07) is 5.09. The molecule has 0 aromatic heterocycles. The Kier molecular flexibility index (Phi) is 2.70. The number of rotatable bonds is 2. The lowest BCUT2D eigenvalue weighted by Gasteiger charge is -2.02. The van der Waals surface area contributed by atoms with Crippen molar-refractivity contribution in [3.63, 3.8) is 0 Å². The van der Waals surface area contributed by atoms with Gasteiger partial charge in [0.15, 0.2) is 0 Å². The number of hydrogen-bond acceptors (Lipinski definition) is 2. The van der Waals surface area contributed by atoms with Crippen LogP contribution in [0.2, 0.25) is 0 Å². The lowest BCUT2D eigenvalue weighted by atomic mass is 10.1. The molecule has 0 saturated heterocycles. The zero-order valence-corrected chi connectivity index (χ0v) is 7.84. The molecule has 0 unspecified atom stereocenters. The summed E-state index contributed by atoms with van der Waals surface area (Å²) in [5.41, 5.74) is 5.52. The number of carbonyl (C=O) groups excluding carboxylic acids is 1. The van der Waals surface area contributed by atoms with Crippen LogP contribution in [0.25, 0.3) is 0 Å². The zero-order chi connectivity index (χ0) is 9.14. The molecule has 4 heteroatoms. The van der Waals surface area contributed by atoms with Crippen molar-refractivity contribution in [1.82, 2.24) is 0 Å². The number of primary amides is 1. The summed E-state index contributed by atoms with van der Waals surface area (Å²) in [4.78, 5) is 10.5. The standard InChI is InChI=1S/C8H8BrNO2/c9-6-3-1-2-5(8(6)12)4-7(10)11/h1-3,12H,4H2,(H2,10,11). The van der Waals surface area contributed by atoms with E-state index in [-0.39, 0.29) is 12.2 Å². The van der Waals surface area contributed by atoms with E-state index in [1.807, 2.05) is 0 Å². The van der Waals surface area contributed by atoms with Crippen LogP contribution in [0, 0.1) is 0 Å². The van der Waals surface area contributed by atoms with Crippen LogP contribution in [-0.4, -0.2) is 11.0 Å². The minimum atomic E-state index is -0.455. The first kappa shape index (κ1) is 9.06. The third kappa shape index (κ3) is 1.98. The Morgan fingerprint density at radius 1 is 1.58 bits per heavy atom. The molecule has 0 fully saturated rings. The van der Waals surface area contributed by atoms with Gasteiger partial charge in [0.1, 0.15) is 5.75 Å². The van der Waals surface area contributed by atoms with Gasteiger partial charge in [-0.1, -0.05) is 12.1 Å². The highest BCUT2D eigenvalue weighted by Gasteiger charge is 2.06. The maximum Gasteiger partial charge on any atom is 0.221 e. The fourth-order valence-electron chi connectivity index (χ4n) is 0.890. The molecule has 0 atom stereocenters. The van der Waals surface area contributed by atoms with Crippen LogP contribution >= 0.6 is 15.9 Å². The Bertz CT molecular complexity index is 312. The SMILES string of the molecule is NC(=O)Cc1cccc(Br)c1O. The van der Waals surface area contributed by atoms with Gasteiger partial charge in [-0.05, 0) is 22.0 Å². The van der Waals surface area contributed by atoms with E-state index in [1.165, 1.54) is 0 Å². The second-order valence-corrected chi connectivity index (χ2v) is 3.24. The van der Waals surface area contributed by atoms with E-state index in [9.17, 15) is 9.90 Å². The Morgan fingerprint density at radius 2 is 2.25 bits per heavy atom. The third-order valence-corrected chi connectivity index (χ3v) is 2.07. The summed E-state index contributed by atoms with van der Waals surface area (Å²) in [5, 5.41) is 9.39. The molecule has 0 aliphatic heterocycles. The molecular weight excluding hydrogens is 222 g/mol. The molecular formula is C8H8BrNO2. The maximum atomic E-state index is 10.5. The first-order chi connectivity index (χ1) is 5.61. The van der Waals surface area contributed by atoms with Crippen molar-refractivity contribution in [2.75, 3.05) is 0 Å². The number of halogens is 1. The van der Waals surface area contributed by atoms with Gasteiger partial charge in [0, 0.05) is 5.56 Å². The highest BCUT2D eigenvalue weighted by molar-refractivity contribution is 9.10. The minimum Gasteiger partial charge on any atom is -0.506 e. The molecule has 1 rings (SSSR count). The van der Waals surface area contributed by atoms with Gasteiger partial charge in [-0.3, -0.25) is 4.79 Å². The Morgan fingerprint density at radius 3 is 2.83 bits per heavy atom. The summed E-state index contributed by atoms with van der Waals surface area (Å²) < 4.78 is 0.571. The van der Waals surface area contributed by atoms with Gasteiger partial charge in [0.05, 0.1) is 10.9 Å². The average Bonchev–Trinajstić information content (AvgIpc) is 1.98. The minimum absolute atomic E-state index is 0.0608. The molecule has 0 heterocycles. The number of nitrogens with two attached hydrogens (primary N) is 1. The molecule has 3 N–H and O–H groups in total. The zero-order valence-electron chi connectivity index (χ0n) is 6.25. The first-order valence-corrected chi connectivity index (χ1v) is 4.15. The predicted molar refractivity (Wildman–Crippen MR) is 48.7 cm³/mol. The number of phenols is 1. The van der Waals surface area contributed by atoms with Crippen LogP contribution in [0.5, 0.6) is 5.75 Å². The topological polar surface area (TPSA) is 63.3 Å². The van der Waals surface area contributed by atoms with Gasteiger partial charge in [-0.15, -0.1) is 0 Å². The smallest absolute Gasteiger partial charge is 0.221 e. The Labute approximate surface area is 78.3 Å². The summed E-state index contributed by atoms with van der Waals surface area (Å²) in [6.45, 7) is 0. The van der Waals surface area contributed by atoms with Crippen molar-refractivity contribution < 1.29 is 9.90 Å². The van der Waals surface area contributed by atoms with E-state index in [1.54, 1.807) is 18.2 Å². The number of phenolic OH excluding ortho intramolecular Hbond substituents is 1. The van der Waals surface area contributed by atoms with Crippen molar-refractivity contribution >= 4 is 21.8 Å². The van der Waals surface area contributed by atoms with Crippen molar-refractivity contribution in [3.05, 3.63) is 28.2 Å². The molecule has 1 aromatic carbocycles. The van der Waals surface area contributed by atoms with E-state index < -0.39 is 5.91 Å². The lowest BCUT2D eigenvalue weighted by Crippen LogP contribution is -2.13. The highest BCUT2D eigenvalue weighted by atomic mass is 79.9. The van der Waals surface area contributed by atoms with Crippen molar-refractivity contribution in [1.29, 1.82) is 0 Å². The maximum absolute atomic E-state index is 10.5. The van der Waals surface area contributed by atoms with Crippen LogP contribution in [0.1, 0.15) is 5.56 Å². The van der Waals surface area contributed by atoms with Crippen LogP contribution in [0.15, 0.2) is 22.7 Å². The monoisotopic (exact) mass is 229 g/mol. The van der Waals surface area contributed by atoms with Gasteiger partial charge in [0.25, 0.3) is 0 Å². The molecule has 0 spiro atoms. The molecule has 64 valence electrons. The second kappa shape index (κ2) is 3.58. The second-order valence-electron chi connectivity index (χ2n) is 2.39. The molecule has 0 aliphatic carbocycles. The molecule has 12 heavy (non-hydrogen) atoms. The molecule has 0 saturated carbocycles. The number of amides is 1. The largest absolute Gasteiger partial charge is 0.506 e. The number of aromatic hydroxyl groups is 1. The van der Waals surface area contributed by atoms with Crippen LogP contribution in [0.4, 0.5) is 0 Å². The molecule has 0 bridgehead atoms. The fourth-order valence-corrected chi connectivity index (χ4v) is 1.30. The van der Waals surface area contributed by atoms with Crippen LogP contribution < -0.4 is 5.73 Å². The highest BCUT2D eigenvalue weighted by Crippen LogP contribution is 2.27. The average molecular weight is 230 g/mol. The van der Waals surface area contributed by atoms with Crippen molar-refractivity contribution in [2.24, 2.45) is 5.73 Å². The Hall–Kier alpha value is -1.03. The number of carbonyl (C=O) groups is 1. The first-order valence-electron chi connectivity index (χ1n) is 3.36. The van der Waals surface area contributed by atoms with E-state index in [2.05, 4.69) is 15.9 Å². The number of benzene rings is 1. The van der Waals surface area contributed by atoms with E-state index in [4.69, 9.17) is 5.73 Å². The number of hydrogen-bond donors (Lipinski definition) is 2. The van der Waals surface area contributed by atoms with E-state index in [0.29, 0.717) is 10.0 Å². The van der Waals surface area contributed by atoms with Gasteiger partial charge < -0.3 is 10.8 Å². The molecule has 0 radical (unpaired) electrons. The summed E-state index contributed by atoms with van der Waals surface area (Å²) >= 11 is 3.13. The number of para-hydroxylation sites is 1. The summed E-state index contributed by atoms with van der Waals surface area (Å²) in [6.07, 6.45) is 0.0608. The van der Waals surface area contributed by atoms with Gasteiger partial charge >= 0.3 is 0 Å². The quantitative estimate of drug-likeness (QED) is 0.801. The molecule has 1 amide bonds. The van der Waals surface area contributed by atoms with Crippen LogP contribution in [0.3, 0.4) is 0 Å². The van der Waals surface area contributed by atoms with Crippen molar-refractivity contribution in [2.45, 2.75) is 6.42 Å². The van der Waals surface area contributed by atoms with E-state index >= 15 is 0 Å². The van der Waals surface area contributed by atoms with Gasteiger partial charge in [-0.2, -0.15) is 0 Å². The lowest BCUT2D eigenvalue weighted by molar-refractivity contribution is -0.117. The van der Waals surface area contributed by atoms with Gasteiger partial charge in [-0.25, -0.2) is 0 Å². The van der Waals surface area contributed by atoms with Gasteiger partial charge in [0.2, 0.25) is 5.91 Å². The summed E-state index contributed by atoms with van der Waals surface area (Å²) in [7, 11) is 0. The third-order valence-electron chi connectivity index (χ3n) is 1.44. The van der Waals surface area contributed by atoms with Crippen molar-refractivity contribution in [3.8, 4) is 5.75 Å². The fraction of sp³-hybridized carbons (Fsp3) is 0.125. The molecule has 3 nitrogen and oxygen atoms in total. The predicted octanol–water partition coefficient (Wildman–Crippen LogP) is 1.18. The normalized spacial score (nSPS) is 9.75. The Balaban J connectivity index is 3.00. The van der Waals surface area contributed by atoms with Crippen LogP contribution in [-0.2, 0) is 11.2 Å². The van der Waals surface area contributed by atoms with E-state index in [0.717, 1.165) is 0 Å². The molecule has 0 aliphatic rings.